The predicted octanol–water partition coefficient (Wildman–Crippen LogP) is 3.61. The fourth-order valence-corrected chi connectivity index (χ4v) is 4.76. The molecule has 0 atom stereocenters. The molecule has 0 unspecified atom stereocenters. The van der Waals surface area contributed by atoms with Gasteiger partial charge in [0.15, 0.2) is 11.1 Å². The van der Waals surface area contributed by atoms with Crippen LogP contribution in [0.2, 0.25) is 0 Å². The maximum absolute atomic E-state index is 4.82. The number of nitrogens with zero attached hydrogens (tertiary/aromatic N) is 5. The number of nitrogens with one attached hydrogen (secondary N) is 2. The number of anilines is 2. The van der Waals surface area contributed by atoms with E-state index in [1.807, 2.05) is 11.6 Å². The van der Waals surface area contributed by atoms with Crippen LogP contribution in [0.15, 0.2) is 28.0 Å². The summed E-state index contributed by atoms with van der Waals surface area (Å²) >= 11 is 3.20. The van der Waals surface area contributed by atoms with Crippen molar-refractivity contribution in [2.24, 2.45) is 4.99 Å². The molecule has 7 nitrogen and oxygen atoms in total. The molecule has 0 aliphatic carbocycles. The average Bonchev–Trinajstić information content (AvgIpc) is 3.31. The Morgan fingerprint density at radius 2 is 1.96 bits per heavy atom. The van der Waals surface area contributed by atoms with Crippen molar-refractivity contribution in [1.82, 2.24) is 20.3 Å². The number of rotatable bonds is 4. The van der Waals surface area contributed by atoms with Gasteiger partial charge in [0.25, 0.3) is 0 Å². The maximum Gasteiger partial charge on any atom is 0.197 e. The Morgan fingerprint density at radius 3 is 2.71 bits per heavy atom. The van der Waals surface area contributed by atoms with E-state index in [1.54, 1.807) is 22.7 Å². The van der Waals surface area contributed by atoms with Crippen LogP contribution < -0.4 is 15.5 Å². The van der Waals surface area contributed by atoms with Crippen LogP contribution in [-0.2, 0) is 0 Å². The largest absolute Gasteiger partial charge is 0.356 e. The normalized spacial score (nSPS) is 16.3. The van der Waals surface area contributed by atoms with Gasteiger partial charge in [-0.3, -0.25) is 4.99 Å². The van der Waals surface area contributed by atoms with Crippen LogP contribution in [0.3, 0.4) is 0 Å². The Labute approximate surface area is 171 Å². The van der Waals surface area contributed by atoms with Crippen molar-refractivity contribution in [1.29, 1.82) is 0 Å². The first-order valence-electron chi connectivity index (χ1n) is 9.45. The van der Waals surface area contributed by atoms with Crippen LogP contribution in [0.1, 0.15) is 18.4 Å². The van der Waals surface area contributed by atoms with E-state index in [0.717, 1.165) is 71.5 Å². The van der Waals surface area contributed by atoms with Gasteiger partial charge >= 0.3 is 0 Å². The minimum atomic E-state index is 0.801. The van der Waals surface area contributed by atoms with Crippen molar-refractivity contribution in [3.8, 4) is 22.0 Å². The Bertz CT molecular complexity index is 1020. The smallest absolute Gasteiger partial charge is 0.197 e. The van der Waals surface area contributed by atoms with Gasteiger partial charge in [-0.15, -0.1) is 22.7 Å². The van der Waals surface area contributed by atoms with Gasteiger partial charge in [-0.1, -0.05) is 0 Å². The van der Waals surface area contributed by atoms with Crippen LogP contribution >= 0.6 is 22.7 Å². The quantitative estimate of drug-likeness (QED) is 0.683. The first-order valence-corrected chi connectivity index (χ1v) is 11.2. The minimum Gasteiger partial charge on any atom is -0.356 e. The summed E-state index contributed by atoms with van der Waals surface area (Å²) in [6, 6.07) is 2.17. The summed E-state index contributed by atoms with van der Waals surface area (Å²) in [6.07, 6.45) is 4.28. The van der Waals surface area contributed by atoms with Crippen LogP contribution in [0.4, 0.5) is 10.9 Å². The molecule has 144 valence electrons. The molecule has 0 spiro atoms. The lowest BCUT2D eigenvalue weighted by Crippen LogP contribution is -2.37. The lowest BCUT2D eigenvalue weighted by molar-refractivity contribution is 0.609. The van der Waals surface area contributed by atoms with E-state index in [9.17, 15) is 0 Å². The first kappa shape index (κ1) is 17.6. The molecule has 1 saturated heterocycles. The Kier molecular flexibility index (Phi) is 4.69. The van der Waals surface area contributed by atoms with E-state index in [-0.39, 0.29) is 0 Å². The fraction of sp³-hybridized carbons (Fsp3) is 0.368. The summed E-state index contributed by atoms with van der Waals surface area (Å²) in [4.78, 5) is 20.9. The highest BCUT2D eigenvalue weighted by Crippen LogP contribution is 2.33. The Morgan fingerprint density at radius 1 is 1.11 bits per heavy atom. The van der Waals surface area contributed by atoms with Gasteiger partial charge in [0.2, 0.25) is 0 Å². The Hall–Kier alpha value is -2.52. The molecule has 2 aliphatic heterocycles. The molecule has 0 bridgehead atoms. The number of guanidine groups is 1. The van der Waals surface area contributed by atoms with Crippen molar-refractivity contribution in [3.05, 3.63) is 28.6 Å². The third-order valence-corrected chi connectivity index (χ3v) is 6.53. The number of pyridine rings is 1. The maximum atomic E-state index is 4.82. The molecule has 5 heterocycles. The summed E-state index contributed by atoms with van der Waals surface area (Å²) < 4.78 is 0. The molecule has 3 aromatic heterocycles. The van der Waals surface area contributed by atoms with Gasteiger partial charge in [0.05, 0.1) is 0 Å². The van der Waals surface area contributed by atoms with Gasteiger partial charge in [0, 0.05) is 48.7 Å². The zero-order valence-corrected chi connectivity index (χ0v) is 17.2. The SMILES string of the molecule is Cc1cc(N2CCC2)ncc1-c1nc(-c2csc(NC3=NCCCN3)n2)cs1. The lowest BCUT2D eigenvalue weighted by atomic mass is 10.1. The average molecular weight is 412 g/mol. The minimum absolute atomic E-state index is 0.801. The highest BCUT2D eigenvalue weighted by atomic mass is 32.1. The first-order chi connectivity index (χ1) is 13.8. The van der Waals surface area contributed by atoms with Crippen LogP contribution in [0, 0.1) is 6.92 Å². The molecule has 28 heavy (non-hydrogen) atoms. The third kappa shape index (κ3) is 3.47. The van der Waals surface area contributed by atoms with Crippen LogP contribution in [0.5, 0.6) is 0 Å². The van der Waals surface area contributed by atoms with Gasteiger partial charge in [-0.05, 0) is 31.4 Å². The molecule has 0 radical (unpaired) electrons. The molecular formula is C19H21N7S2. The topological polar surface area (TPSA) is 78.3 Å². The summed E-state index contributed by atoms with van der Waals surface area (Å²) in [6.45, 7) is 6.14. The number of thiazole rings is 2. The number of hydrogen-bond acceptors (Lipinski definition) is 9. The van der Waals surface area contributed by atoms with Gasteiger partial charge < -0.3 is 15.5 Å². The monoisotopic (exact) mass is 411 g/mol. The van der Waals surface area contributed by atoms with Crippen molar-refractivity contribution in [2.45, 2.75) is 19.8 Å². The van der Waals surface area contributed by atoms with Crippen LogP contribution in [-0.4, -0.2) is 47.1 Å². The second-order valence-electron chi connectivity index (χ2n) is 6.91. The highest BCUT2D eigenvalue weighted by molar-refractivity contribution is 7.14. The molecular weight excluding hydrogens is 390 g/mol. The van der Waals surface area contributed by atoms with Crippen molar-refractivity contribution >= 4 is 39.6 Å². The molecule has 2 N–H and O–H groups in total. The molecule has 2 aliphatic rings. The summed E-state index contributed by atoms with van der Waals surface area (Å²) in [5, 5.41) is 12.4. The second-order valence-corrected chi connectivity index (χ2v) is 8.63. The predicted molar refractivity (Wildman–Crippen MR) is 117 cm³/mol. The number of aryl methyl sites for hydroxylation is 1. The van der Waals surface area contributed by atoms with Crippen molar-refractivity contribution < 1.29 is 0 Å². The molecule has 3 aromatic rings. The van der Waals surface area contributed by atoms with E-state index in [0.29, 0.717) is 0 Å². The third-order valence-electron chi connectivity index (χ3n) is 4.90. The van der Waals surface area contributed by atoms with Gasteiger partial charge in [-0.25, -0.2) is 15.0 Å². The molecule has 9 heteroatoms. The zero-order valence-electron chi connectivity index (χ0n) is 15.6. The Balaban J connectivity index is 1.34. The number of hydrogen-bond donors (Lipinski definition) is 2. The molecule has 1 fully saturated rings. The standard InChI is InChI=1S/C19H21N7S2/c1-12-8-16(26-6-3-7-26)22-9-13(12)17-23-14(10-27-17)15-11-28-19(24-15)25-18-20-4-2-5-21-18/h8-11H,2-7H2,1H3,(H2,20,21,24,25). The molecule has 0 saturated carbocycles. The van der Waals surface area contributed by atoms with Crippen molar-refractivity contribution in [2.75, 3.05) is 36.4 Å². The summed E-state index contributed by atoms with van der Waals surface area (Å²) in [7, 11) is 0. The zero-order chi connectivity index (χ0) is 18.9. The lowest BCUT2D eigenvalue weighted by Gasteiger charge is -2.32. The van der Waals surface area contributed by atoms with E-state index < -0.39 is 0 Å². The second kappa shape index (κ2) is 7.48. The van der Waals surface area contributed by atoms with Gasteiger partial charge in [-0.2, -0.15) is 0 Å². The molecule has 0 aromatic carbocycles. The van der Waals surface area contributed by atoms with Gasteiger partial charge in [0.1, 0.15) is 22.2 Å². The fourth-order valence-electron chi connectivity index (χ4n) is 3.16. The number of aromatic nitrogens is 3. The van der Waals surface area contributed by atoms with E-state index in [4.69, 9.17) is 4.98 Å². The molecule has 5 rings (SSSR count). The van der Waals surface area contributed by atoms with E-state index in [2.05, 4.69) is 48.9 Å². The van der Waals surface area contributed by atoms with Crippen molar-refractivity contribution in [3.63, 3.8) is 0 Å². The summed E-state index contributed by atoms with van der Waals surface area (Å²) in [5.41, 5.74) is 4.08. The summed E-state index contributed by atoms with van der Waals surface area (Å²) in [5.74, 6) is 1.87. The molecule has 0 amide bonds. The van der Waals surface area contributed by atoms with Crippen LogP contribution in [0.25, 0.3) is 22.0 Å². The highest BCUT2D eigenvalue weighted by Gasteiger charge is 2.18. The van der Waals surface area contributed by atoms with E-state index in [1.165, 1.54) is 12.0 Å². The number of aliphatic imine (C=N–C) groups is 1. The van der Waals surface area contributed by atoms with E-state index >= 15 is 0 Å².